The lowest BCUT2D eigenvalue weighted by Gasteiger charge is -1.97. The number of esters is 1. The van der Waals surface area contributed by atoms with Gasteiger partial charge >= 0.3 is 5.97 Å². The van der Waals surface area contributed by atoms with Crippen LogP contribution in [0, 0.1) is 17.1 Å². The molecule has 1 heterocycles. The van der Waals surface area contributed by atoms with Crippen molar-refractivity contribution in [1.82, 2.24) is 0 Å². The molecule has 0 spiro atoms. The molecular weight excluding hydrogens is 237 g/mol. The Balaban J connectivity index is 2.41. The Morgan fingerprint density at radius 3 is 2.61 bits per heavy atom. The van der Waals surface area contributed by atoms with E-state index in [-0.39, 0.29) is 11.5 Å². The molecule has 0 aliphatic heterocycles. The molecule has 0 radical (unpaired) electrons. The minimum absolute atomic E-state index is 0.0557. The van der Waals surface area contributed by atoms with Crippen LogP contribution in [-0.4, -0.2) is 13.1 Å². The molecule has 0 aliphatic rings. The first kappa shape index (κ1) is 11.9. The molecule has 2 aromatic rings. The zero-order chi connectivity index (χ0) is 13.1. The normalized spacial score (nSPS) is 9.83. The molecular formula is C13H8FNO3. The van der Waals surface area contributed by atoms with Crippen LogP contribution in [0.15, 0.2) is 34.7 Å². The highest BCUT2D eigenvalue weighted by atomic mass is 19.1. The van der Waals surface area contributed by atoms with Gasteiger partial charge in [0.25, 0.3) is 0 Å². The standard InChI is InChI=1S/C13H8FNO3/c1-17-13(16)11-6-10(14)12(18-11)9-4-2-8(7-15)3-5-9/h2-6H,1H3. The van der Waals surface area contributed by atoms with Crippen LogP contribution in [0.1, 0.15) is 16.1 Å². The minimum atomic E-state index is -0.742. The van der Waals surface area contributed by atoms with Gasteiger partial charge in [-0.15, -0.1) is 0 Å². The second-order valence-corrected chi connectivity index (χ2v) is 3.47. The quantitative estimate of drug-likeness (QED) is 0.763. The number of hydrogen-bond acceptors (Lipinski definition) is 4. The van der Waals surface area contributed by atoms with Gasteiger partial charge in [-0.1, -0.05) is 0 Å². The molecule has 0 atom stereocenters. The van der Waals surface area contributed by atoms with Crippen molar-refractivity contribution in [2.24, 2.45) is 0 Å². The van der Waals surface area contributed by atoms with E-state index < -0.39 is 11.8 Å². The Morgan fingerprint density at radius 1 is 1.39 bits per heavy atom. The van der Waals surface area contributed by atoms with Crippen LogP contribution in [0.4, 0.5) is 4.39 Å². The topological polar surface area (TPSA) is 63.2 Å². The Hall–Kier alpha value is -2.61. The molecule has 0 fully saturated rings. The van der Waals surface area contributed by atoms with Crippen molar-refractivity contribution >= 4 is 5.97 Å². The molecule has 18 heavy (non-hydrogen) atoms. The second-order valence-electron chi connectivity index (χ2n) is 3.47. The lowest BCUT2D eigenvalue weighted by Crippen LogP contribution is -1.98. The van der Waals surface area contributed by atoms with E-state index in [9.17, 15) is 9.18 Å². The maximum Gasteiger partial charge on any atom is 0.374 e. The molecule has 0 saturated heterocycles. The molecule has 0 amide bonds. The third kappa shape index (κ3) is 2.09. The van der Waals surface area contributed by atoms with E-state index in [4.69, 9.17) is 9.68 Å². The minimum Gasteiger partial charge on any atom is -0.463 e. The fraction of sp³-hybridized carbons (Fsp3) is 0.0769. The van der Waals surface area contributed by atoms with Crippen LogP contribution in [0.3, 0.4) is 0 Å². The average molecular weight is 245 g/mol. The largest absolute Gasteiger partial charge is 0.463 e. The SMILES string of the molecule is COC(=O)c1cc(F)c(-c2ccc(C#N)cc2)o1. The predicted octanol–water partition coefficient (Wildman–Crippen LogP) is 2.74. The maximum absolute atomic E-state index is 13.6. The van der Waals surface area contributed by atoms with E-state index in [1.54, 1.807) is 12.1 Å². The van der Waals surface area contributed by atoms with E-state index >= 15 is 0 Å². The van der Waals surface area contributed by atoms with E-state index in [1.807, 2.05) is 6.07 Å². The van der Waals surface area contributed by atoms with Gasteiger partial charge in [0.05, 0.1) is 18.7 Å². The monoisotopic (exact) mass is 245 g/mol. The number of carbonyl (C=O) groups excluding carboxylic acids is 1. The fourth-order valence-electron chi connectivity index (χ4n) is 1.46. The summed E-state index contributed by atoms with van der Waals surface area (Å²) < 4.78 is 23.1. The lowest BCUT2D eigenvalue weighted by atomic mass is 10.1. The fourth-order valence-corrected chi connectivity index (χ4v) is 1.46. The Kier molecular flexibility index (Phi) is 3.11. The van der Waals surface area contributed by atoms with Crippen molar-refractivity contribution in [1.29, 1.82) is 5.26 Å². The summed E-state index contributed by atoms with van der Waals surface area (Å²) in [5, 5.41) is 8.65. The molecule has 2 rings (SSSR count). The summed E-state index contributed by atoms with van der Waals surface area (Å²) >= 11 is 0. The molecule has 1 aromatic carbocycles. The smallest absolute Gasteiger partial charge is 0.374 e. The van der Waals surface area contributed by atoms with Gasteiger partial charge in [-0.2, -0.15) is 5.26 Å². The van der Waals surface area contributed by atoms with Crippen molar-refractivity contribution in [3.63, 3.8) is 0 Å². The van der Waals surface area contributed by atoms with Crippen molar-refractivity contribution in [2.45, 2.75) is 0 Å². The first-order chi connectivity index (χ1) is 8.65. The summed E-state index contributed by atoms with van der Waals surface area (Å²) in [5.41, 5.74) is 0.903. The van der Waals surface area contributed by atoms with Gasteiger partial charge in [0.2, 0.25) is 5.76 Å². The molecule has 4 nitrogen and oxygen atoms in total. The van der Waals surface area contributed by atoms with E-state index in [0.717, 1.165) is 6.07 Å². The molecule has 5 heteroatoms. The van der Waals surface area contributed by atoms with Crippen molar-refractivity contribution < 1.29 is 18.3 Å². The van der Waals surface area contributed by atoms with Crippen LogP contribution in [0.5, 0.6) is 0 Å². The number of carbonyl (C=O) groups is 1. The number of furan rings is 1. The van der Waals surface area contributed by atoms with E-state index in [0.29, 0.717) is 11.1 Å². The Labute approximate surface area is 102 Å². The highest BCUT2D eigenvalue weighted by molar-refractivity contribution is 5.87. The number of hydrogen-bond donors (Lipinski definition) is 0. The average Bonchev–Trinajstić information content (AvgIpc) is 2.80. The first-order valence-corrected chi connectivity index (χ1v) is 5.04. The van der Waals surface area contributed by atoms with Gasteiger partial charge < -0.3 is 9.15 Å². The van der Waals surface area contributed by atoms with Crippen LogP contribution in [0.2, 0.25) is 0 Å². The van der Waals surface area contributed by atoms with Gasteiger partial charge in [0.15, 0.2) is 11.6 Å². The van der Waals surface area contributed by atoms with Gasteiger partial charge in [0, 0.05) is 11.6 Å². The molecule has 0 unspecified atom stereocenters. The number of ether oxygens (including phenoxy) is 1. The summed E-state index contributed by atoms with van der Waals surface area (Å²) in [7, 11) is 1.18. The number of nitriles is 1. The Morgan fingerprint density at radius 2 is 2.06 bits per heavy atom. The number of nitrogens with zero attached hydrogens (tertiary/aromatic N) is 1. The van der Waals surface area contributed by atoms with Crippen LogP contribution < -0.4 is 0 Å². The molecule has 1 aromatic heterocycles. The Bertz CT molecular complexity index is 623. The number of methoxy groups -OCH3 is 1. The summed E-state index contributed by atoms with van der Waals surface area (Å²) in [6, 6.07) is 9.09. The maximum atomic E-state index is 13.6. The van der Waals surface area contributed by atoms with Gasteiger partial charge in [-0.05, 0) is 24.3 Å². The van der Waals surface area contributed by atoms with Crippen LogP contribution >= 0.6 is 0 Å². The van der Waals surface area contributed by atoms with Crippen molar-refractivity contribution in [2.75, 3.05) is 7.11 Å². The van der Waals surface area contributed by atoms with Crippen LogP contribution in [0.25, 0.3) is 11.3 Å². The molecule has 0 saturated carbocycles. The van der Waals surface area contributed by atoms with Gasteiger partial charge in [-0.25, -0.2) is 9.18 Å². The van der Waals surface area contributed by atoms with Crippen molar-refractivity contribution in [3.8, 4) is 17.4 Å². The van der Waals surface area contributed by atoms with Gasteiger partial charge in [-0.3, -0.25) is 0 Å². The molecule has 0 N–H and O–H groups in total. The summed E-state index contributed by atoms with van der Waals surface area (Å²) in [5.74, 6) is -1.65. The van der Waals surface area contributed by atoms with Gasteiger partial charge in [0.1, 0.15) is 0 Å². The zero-order valence-electron chi connectivity index (χ0n) is 9.44. The number of rotatable bonds is 2. The zero-order valence-corrected chi connectivity index (χ0v) is 9.44. The van der Waals surface area contributed by atoms with Crippen molar-refractivity contribution in [3.05, 3.63) is 47.5 Å². The lowest BCUT2D eigenvalue weighted by molar-refractivity contribution is 0.0566. The highest BCUT2D eigenvalue weighted by Gasteiger charge is 2.18. The third-order valence-corrected chi connectivity index (χ3v) is 2.35. The van der Waals surface area contributed by atoms with E-state index in [1.165, 1.54) is 19.2 Å². The summed E-state index contributed by atoms with van der Waals surface area (Å²) in [6.45, 7) is 0. The van der Waals surface area contributed by atoms with E-state index in [2.05, 4.69) is 4.74 Å². The number of benzene rings is 1. The first-order valence-electron chi connectivity index (χ1n) is 5.04. The van der Waals surface area contributed by atoms with Crippen LogP contribution in [-0.2, 0) is 4.74 Å². The number of halogens is 1. The third-order valence-electron chi connectivity index (χ3n) is 2.35. The summed E-state index contributed by atoms with van der Waals surface area (Å²) in [4.78, 5) is 11.2. The predicted molar refractivity (Wildman–Crippen MR) is 60.2 cm³/mol. The summed E-state index contributed by atoms with van der Waals surface area (Å²) in [6.07, 6.45) is 0. The molecule has 0 bridgehead atoms. The molecule has 90 valence electrons. The molecule has 0 aliphatic carbocycles. The second kappa shape index (κ2) is 4.72. The highest BCUT2D eigenvalue weighted by Crippen LogP contribution is 2.26.